The average Bonchev–Trinajstić information content (AvgIpc) is 2.70. The normalized spacial score (nSPS) is 36.5. The van der Waals surface area contributed by atoms with Gasteiger partial charge in [0.2, 0.25) is 5.91 Å². The Morgan fingerprint density at radius 2 is 2.53 bits per heavy atom. The van der Waals surface area contributed by atoms with E-state index in [2.05, 4.69) is 17.6 Å². The smallest absolute Gasteiger partial charge is 0.238 e. The summed E-state index contributed by atoms with van der Waals surface area (Å²) in [6.07, 6.45) is 2.04. The molecule has 86 valence electrons. The molecule has 5 heteroatoms. The summed E-state index contributed by atoms with van der Waals surface area (Å²) in [6, 6.07) is -0.0197. The van der Waals surface area contributed by atoms with Crippen LogP contribution >= 0.6 is 11.8 Å². The van der Waals surface area contributed by atoms with Gasteiger partial charge in [-0.2, -0.15) is 0 Å². The van der Waals surface area contributed by atoms with Crippen molar-refractivity contribution in [1.82, 2.24) is 10.6 Å². The second kappa shape index (κ2) is 4.72. The summed E-state index contributed by atoms with van der Waals surface area (Å²) >= 11 is 1.77. The third-order valence-corrected chi connectivity index (χ3v) is 3.84. The van der Waals surface area contributed by atoms with Crippen LogP contribution in [0, 0.1) is 0 Å². The second-order valence-electron chi connectivity index (χ2n) is 4.48. The van der Waals surface area contributed by atoms with E-state index < -0.39 is 0 Å². The number of amides is 1. The Morgan fingerprint density at radius 3 is 3.13 bits per heavy atom. The molecule has 2 unspecified atom stereocenters. The standard InChI is InChI=1S/C10H18N2O2S/c1-10(3-2-4-14-6-10)12-9(13)8-5-15-7-11-8/h8,11H,2-7H2,1H3,(H,12,13). The molecule has 2 N–H and O–H groups in total. The summed E-state index contributed by atoms with van der Waals surface area (Å²) in [6.45, 7) is 3.52. The molecule has 0 aromatic rings. The highest BCUT2D eigenvalue weighted by Gasteiger charge is 2.32. The first kappa shape index (κ1) is 11.2. The van der Waals surface area contributed by atoms with E-state index in [4.69, 9.17) is 4.74 Å². The van der Waals surface area contributed by atoms with Crippen LogP contribution in [0.3, 0.4) is 0 Å². The summed E-state index contributed by atoms with van der Waals surface area (Å²) < 4.78 is 5.41. The number of hydrogen-bond donors (Lipinski definition) is 2. The molecule has 0 aromatic heterocycles. The van der Waals surface area contributed by atoms with Crippen LogP contribution in [-0.4, -0.2) is 42.3 Å². The van der Waals surface area contributed by atoms with E-state index >= 15 is 0 Å². The van der Waals surface area contributed by atoms with Crippen LogP contribution in [0.25, 0.3) is 0 Å². The highest BCUT2D eigenvalue weighted by molar-refractivity contribution is 7.99. The van der Waals surface area contributed by atoms with Gasteiger partial charge in [-0.1, -0.05) is 0 Å². The molecular weight excluding hydrogens is 212 g/mol. The van der Waals surface area contributed by atoms with Gasteiger partial charge in [0.15, 0.2) is 0 Å². The molecule has 0 saturated carbocycles. The summed E-state index contributed by atoms with van der Waals surface area (Å²) in [4.78, 5) is 11.9. The van der Waals surface area contributed by atoms with Crippen molar-refractivity contribution in [2.45, 2.75) is 31.3 Å². The minimum Gasteiger partial charge on any atom is -0.379 e. The fourth-order valence-electron chi connectivity index (χ4n) is 1.98. The number of ether oxygens (including phenoxy) is 1. The SMILES string of the molecule is CC1(NC(=O)C2CSCN2)CCCOC1. The van der Waals surface area contributed by atoms with Gasteiger partial charge in [-0.25, -0.2) is 0 Å². The van der Waals surface area contributed by atoms with E-state index in [1.165, 1.54) is 0 Å². The molecule has 0 bridgehead atoms. The van der Waals surface area contributed by atoms with Gasteiger partial charge >= 0.3 is 0 Å². The zero-order valence-corrected chi connectivity index (χ0v) is 9.86. The lowest BCUT2D eigenvalue weighted by molar-refractivity contribution is -0.126. The monoisotopic (exact) mass is 230 g/mol. The highest BCUT2D eigenvalue weighted by atomic mass is 32.2. The summed E-state index contributed by atoms with van der Waals surface area (Å²) in [5.74, 6) is 1.88. The molecule has 2 atom stereocenters. The first-order valence-electron chi connectivity index (χ1n) is 5.41. The molecule has 4 nitrogen and oxygen atoms in total. The molecular formula is C10H18N2O2S. The van der Waals surface area contributed by atoms with Gasteiger partial charge in [0.25, 0.3) is 0 Å². The Morgan fingerprint density at radius 1 is 1.67 bits per heavy atom. The maximum atomic E-state index is 11.9. The Bertz CT molecular complexity index is 236. The molecule has 2 fully saturated rings. The zero-order chi connectivity index (χ0) is 10.7. The van der Waals surface area contributed by atoms with Gasteiger partial charge in [-0.3, -0.25) is 10.1 Å². The molecule has 0 radical (unpaired) electrons. The van der Waals surface area contributed by atoms with Crippen molar-refractivity contribution < 1.29 is 9.53 Å². The van der Waals surface area contributed by atoms with Crippen LogP contribution < -0.4 is 10.6 Å². The Labute approximate surface area is 94.5 Å². The molecule has 0 aromatic carbocycles. The lowest BCUT2D eigenvalue weighted by Gasteiger charge is -2.35. The molecule has 1 amide bonds. The fourth-order valence-corrected chi connectivity index (χ4v) is 2.92. The summed E-state index contributed by atoms with van der Waals surface area (Å²) in [7, 11) is 0. The molecule has 2 rings (SSSR count). The van der Waals surface area contributed by atoms with Crippen molar-refractivity contribution in [3.8, 4) is 0 Å². The highest BCUT2D eigenvalue weighted by Crippen LogP contribution is 2.19. The Balaban J connectivity index is 1.86. The predicted octanol–water partition coefficient (Wildman–Crippen LogP) is 0.334. The van der Waals surface area contributed by atoms with Crippen molar-refractivity contribution in [1.29, 1.82) is 0 Å². The van der Waals surface area contributed by atoms with Gasteiger partial charge in [0.1, 0.15) is 0 Å². The predicted molar refractivity (Wildman–Crippen MR) is 60.8 cm³/mol. The van der Waals surface area contributed by atoms with Crippen LogP contribution in [0.1, 0.15) is 19.8 Å². The van der Waals surface area contributed by atoms with Crippen LogP contribution in [0.4, 0.5) is 0 Å². The number of nitrogens with one attached hydrogen (secondary N) is 2. The maximum absolute atomic E-state index is 11.9. The van der Waals surface area contributed by atoms with Crippen molar-refractivity contribution in [3.63, 3.8) is 0 Å². The number of hydrogen-bond acceptors (Lipinski definition) is 4. The largest absolute Gasteiger partial charge is 0.379 e. The minimum atomic E-state index is -0.162. The van der Waals surface area contributed by atoms with Crippen molar-refractivity contribution in [2.75, 3.05) is 24.8 Å². The first-order chi connectivity index (χ1) is 7.20. The van der Waals surface area contributed by atoms with E-state index in [9.17, 15) is 4.79 Å². The van der Waals surface area contributed by atoms with Crippen molar-refractivity contribution >= 4 is 17.7 Å². The van der Waals surface area contributed by atoms with Gasteiger partial charge in [0.05, 0.1) is 18.2 Å². The third-order valence-electron chi connectivity index (χ3n) is 2.90. The van der Waals surface area contributed by atoms with E-state index in [1.807, 2.05) is 0 Å². The van der Waals surface area contributed by atoms with Gasteiger partial charge < -0.3 is 10.1 Å². The molecule has 2 aliphatic heterocycles. The number of carbonyl (C=O) groups is 1. The number of rotatable bonds is 2. The minimum absolute atomic E-state index is 0.0197. The molecule has 2 saturated heterocycles. The lowest BCUT2D eigenvalue weighted by atomic mass is 9.94. The summed E-state index contributed by atoms with van der Waals surface area (Å²) in [5.41, 5.74) is -0.162. The number of carbonyl (C=O) groups excluding carboxylic acids is 1. The molecule has 2 heterocycles. The van der Waals surface area contributed by atoms with Gasteiger partial charge in [0, 0.05) is 18.2 Å². The van der Waals surface area contributed by atoms with Gasteiger partial charge in [-0.15, -0.1) is 11.8 Å². The lowest BCUT2D eigenvalue weighted by Crippen LogP contribution is -2.56. The van der Waals surface area contributed by atoms with E-state index in [-0.39, 0.29) is 17.5 Å². The van der Waals surface area contributed by atoms with Crippen LogP contribution in [0.5, 0.6) is 0 Å². The van der Waals surface area contributed by atoms with Gasteiger partial charge in [-0.05, 0) is 19.8 Å². The van der Waals surface area contributed by atoms with E-state index in [1.54, 1.807) is 11.8 Å². The van der Waals surface area contributed by atoms with Crippen molar-refractivity contribution in [2.24, 2.45) is 0 Å². The molecule has 0 spiro atoms. The Kier molecular flexibility index (Phi) is 3.53. The van der Waals surface area contributed by atoms with E-state index in [0.29, 0.717) is 6.61 Å². The first-order valence-corrected chi connectivity index (χ1v) is 6.56. The summed E-state index contributed by atoms with van der Waals surface area (Å²) in [5, 5.41) is 6.27. The van der Waals surface area contributed by atoms with Crippen LogP contribution in [0.15, 0.2) is 0 Å². The third kappa shape index (κ3) is 2.86. The van der Waals surface area contributed by atoms with Crippen LogP contribution in [0.2, 0.25) is 0 Å². The zero-order valence-electron chi connectivity index (χ0n) is 9.04. The number of thioether (sulfide) groups is 1. The molecule has 2 aliphatic rings. The van der Waals surface area contributed by atoms with E-state index in [0.717, 1.165) is 31.1 Å². The average molecular weight is 230 g/mol. The Hall–Kier alpha value is -0.260. The quantitative estimate of drug-likeness (QED) is 0.718. The molecule has 15 heavy (non-hydrogen) atoms. The van der Waals surface area contributed by atoms with Crippen molar-refractivity contribution in [3.05, 3.63) is 0 Å². The fraction of sp³-hybridized carbons (Fsp3) is 0.900. The topological polar surface area (TPSA) is 50.4 Å². The molecule has 0 aliphatic carbocycles. The van der Waals surface area contributed by atoms with Crippen LogP contribution in [-0.2, 0) is 9.53 Å². The maximum Gasteiger partial charge on any atom is 0.238 e. The second-order valence-corrected chi connectivity index (χ2v) is 5.51.